The van der Waals surface area contributed by atoms with Gasteiger partial charge in [0.25, 0.3) is 5.56 Å². The van der Waals surface area contributed by atoms with Crippen molar-refractivity contribution < 1.29 is 4.79 Å². The molecule has 134 valence electrons. The van der Waals surface area contributed by atoms with Crippen LogP contribution in [0.15, 0.2) is 52.8 Å². The van der Waals surface area contributed by atoms with Gasteiger partial charge in [-0.15, -0.1) is 11.3 Å². The summed E-state index contributed by atoms with van der Waals surface area (Å²) in [6, 6.07) is 10.3. The van der Waals surface area contributed by atoms with Crippen molar-refractivity contribution in [1.29, 1.82) is 0 Å². The highest BCUT2D eigenvalue weighted by molar-refractivity contribution is 7.16. The number of fused-ring (bicyclic) bond motifs is 1. The Kier molecular flexibility index (Phi) is 4.43. The van der Waals surface area contributed by atoms with Gasteiger partial charge in [0.15, 0.2) is 5.82 Å². The highest BCUT2D eigenvalue weighted by atomic mass is 32.1. The second kappa shape index (κ2) is 7.04. The van der Waals surface area contributed by atoms with E-state index in [2.05, 4.69) is 25.4 Å². The summed E-state index contributed by atoms with van der Waals surface area (Å²) in [4.78, 5) is 38.3. The summed E-state index contributed by atoms with van der Waals surface area (Å²) in [7, 11) is 0. The van der Waals surface area contributed by atoms with Crippen LogP contribution < -0.4 is 10.9 Å². The van der Waals surface area contributed by atoms with E-state index < -0.39 is 5.91 Å². The van der Waals surface area contributed by atoms with Crippen molar-refractivity contribution in [3.05, 3.63) is 64.0 Å². The fraction of sp³-hybridized carbons (Fsp3) is 0.111. The van der Waals surface area contributed by atoms with Crippen molar-refractivity contribution in [3.8, 4) is 11.5 Å². The number of carbonyl (C=O) groups is 1. The summed E-state index contributed by atoms with van der Waals surface area (Å²) < 4.78 is 1.12. The second-order valence-corrected chi connectivity index (χ2v) is 6.66. The Balaban J connectivity index is 1.67. The number of amides is 1. The molecule has 0 aliphatic carbocycles. The van der Waals surface area contributed by atoms with Crippen LogP contribution in [0, 0.1) is 6.92 Å². The lowest BCUT2D eigenvalue weighted by Crippen LogP contribution is -2.29. The van der Waals surface area contributed by atoms with E-state index >= 15 is 0 Å². The van der Waals surface area contributed by atoms with E-state index in [-0.39, 0.29) is 12.1 Å². The van der Waals surface area contributed by atoms with E-state index in [9.17, 15) is 9.59 Å². The first kappa shape index (κ1) is 17.0. The number of rotatable bonds is 4. The van der Waals surface area contributed by atoms with E-state index in [1.807, 2.05) is 23.6 Å². The molecular formula is C18H14N6O2S. The molecule has 9 heteroatoms. The molecule has 8 nitrogen and oxygen atoms in total. The lowest BCUT2D eigenvalue weighted by atomic mass is 10.3. The molecule has 0 aliphatic rings. The molecule has 4 heterocycles. The molecule has 1 N–H and O–H groups in total. The van der Waals surface area contributed by atoms with Crippen molar-refractivity contribution in [1.82, 2.24) is 24.7 Å². The number of aryl methyl sites for hydroxylation is 1. The zero-order valence-corrected chi connectivity index (χ0v) is 15.1. The quantitative estimate of drug-likeness (QED) is 0.584. The number of hydrogen-bond acceptors (Lipinski definition) is 7. The van der Waals surface area contributed by atoms with Gasteiger partial charge >= 0.3 is 0 Å². The number of anilines is 1. The molecule has 0 aliphatic heterocycles. The van der Waals surface area contributed by atoms with Gasteiger partial charge in [-0.2, -0.15) is 5.10 Å². The Bertz CT molecular complexity index is 1190. The van der Waals surface area contributed by atoms with Crippen molar-refractivity contribution >= 4 is 33.3 Å². The lowest BCUT2D eigenvalue weighted by Gasteiger charge is -2.09. The Labute approximate surface area is 157 Å². The zero-order valence-electron chi connectivity index (χ0n) is 14.3. The van der Waals surface area contributed by atoms with E-state index in [0.29, 0.717) is 23.0 Å². The van der Waals surface area contributed by atoms with Gasteiger partial charge in [-0.05, 0) is 36.6 Å². The van der Waals surface area contributed by atoms with Gasteiger partial charge in [0, 0.05) is 12.3 Å². The molecule has 0 spiro atoms. The number of nitrogens with one attached hydrogen (secondary N) is 1. The smallest absolute Gasteiger partial charge is 0.267 e. The molecule has 0 unspecified atom stereocenters. The molecular weight excluding hydrogens is 364 g/mol. The fourth-order valence-corrected chi connectivity index (χ4v) is 3.30. The Morgan fingerprint density at radius 2 is 2.07 bits per heavy atom. The van der Waals surface area contributed by atoms with Crippen molar-refractivity contribution in [2.75, 3.05) is 5.32 Å². The van der Waals surface area contributed by atoms with Crippen LogP contribution in [-0.4, -0.2) is 30.6 Å². The topological polar surface area (TPSA) is 103 Å². The average Bonchev–Trinajstić information content (AvgIpc) is 3.14. The fourth-order valence-electron chi connectivity index (χ4n) is 2.53. The van der Waals surface area contributed by atoms with E-state index in [4.69, 9.17) is 0 Å². The first-order valence-electron chi connectivity index (χ1n) is 8.11. The maximum Gasteiger partial charge on any atom is 0.267 e. The minimum Gasteiger partial charge on any atom is -0.308 e. The van der Waals surface area contributed by atoms with Gasteiger partial charge in [0.2, 0.25) is 5.91 Å². The summed E-state index contributed by atoms with van der Waals surface area (Å²) in [5, 5.41) is 9.45. The number of hydrogen-bond donors (Lipinski definition) is 1. The second-order valence-electron chi connectivity index (χ2n) is 5.77. The molecule has 4 aromatic heterocycles. The van der Waals surface area contributed by atoms with Crippen LogP contribution in [0.1, 0.15) is 5.69 Å². The predicted octanol–water partition coefficient (Wildman–Crippen LogP) is 2.26. The molecule has 0 bridgehead atoms. The lowest BCUT2D eigenvalue weighted by molar-refractivity contribution is -0.117. The highest BCUT2D eigenvalue weighted by Crippen LogP contribution is 2.27. The van der Waals surface area contributed by atoms with Crippen molar-refractivity contribution in [2.45, 2.75) is 13.5 Å². The number of aromatic nitrogens is 5. The summed E-state index contributed by atoms with van der Waals surface area (Å²) in [5.41, 5.74) is 0.926. The number of carbonyl (C=O) groups excluding carboxylic acids is 1. The molecule has 0 radical (unpaired) electrons. The van der Waals surface area contributed by atoms with Crippen molar-refractivity contribution in [3.63, 3.8) is 0 Å². The van der Waals surface area contributed by atoms with Crippen molar-refractivity contribution in [2.24, 2.45) is 0 Å². The monoisotopic (exact) mass is 378 g/mol. The molecule has 0 fully saturated rings. The molecule has 0 saturated carbocycles. The molecule has 27 heavy (non-hydrogen) atoms. The number of nitrogens with zero attached hydrogens (tertiary/aromatic N) is 5. The Morgan fingerprint density at radius 3 is 2.89 bits per heavy atom. The normalized spacial score (nSPS) is 10.9. The van der Waals surface area contributed by atoms with Gasteiger partial charge < -0.3 is 5.32 Å². The summed E-state index contributed by atoms with van der Waals surface area (Å²) in [6.07, 6.45) is 1.66. The summed E-state index contributed by atoms with van der Waals surface area (Å²) >= 11 is 1.45. The first-order chi connectivity index (χ1) is 13.1. The third-order valence-corrected chi connectivity index (χ3v) is 4.58. The van der Waals surface area contributed by atoms with E-state index in [1.165, 1.54) is 17.4 Å². The molecule has 4 aromatic rings. The maximum atomic E-state index is 12.5. The molecule has 0 saturated heterocycles. The number of pyridine rings is 1. The molecule has 0 atom stereocenters. The van der Waals surface area contributed by atoms with Crippen LogP contribution in [0.4, 0.5) is 5.82 Å². The van der Waals surface area contributed by atoms with Gasteiger partial charge in [-0.25, -0.2) is 14.6 Å². The molecule has 0 aromatic carbocycles. The third-order valence-electron chi connectivity index (χ3n) is 3.77. The van der Waals surface area contributed by atoms with Gasteiger partial charge in [0.1, 0.15) is 22.9 Å². The third kappa shape index (κ3) is 3.58. The Morgan fingerprint density at radius 1 is 1.19 bits per heavy atom. The van der Waals surface area contributed by atoms with Gasteiger partial charge in [0.05, 0.1) is 11.1 Å². The van der Waals surface area contributed by atoms with E-state index in [0.717, 1.165) is 14.9 Å². The first-order valence-corrected chi connectivity index (χ1v) is 8.99. The number of thiophene rings is 1. The summed E-state index contributed by atoms with van der Waals surface area (Å²) in [6.45, 7) is 1.56. The Hall–Kier alpha value is -3.46. The minimum absolute atomic E-state index is 0.199. The highest BCUT2D eigenvalue weighted by Gasteiger charge is 2.14. The largest absolute Gasteiger partial charge is 0.308 e. The molecule has 4 rings (SSSR count). The molecule has 1 amide bonds. The predicted molar refractivity (Wildman–Crippen MR) is 103 cm³/mol. The minimum atomic E-state index is -0.395. The maximum absolute atomic E-state index is 12.5. The van der Waals surface area contributed by atoms with Crippen LogP contribution in [-0.2, 0) is 11.3 Å². The van der Waals surface area contributed by atoms with Crippen LogP contribution >= 0.6 is 11.3 Å². The standard InChI is InChI=1S/C18H14N6O2S/c1-11-5-6-15(26)24(23-11)10-14(25)20-16-12-7-9-27-18(12)22-17(21-16)13-4-2-3-8-19-13/h2-9H,10H2,1H3,(H,20,21,22,25). The average molecular weight is 378 g/mol. The van der Waals surface area contributed by atoms with Crippen LogP contribution in [0.3, 0.4) is 0 Å². The van der Waals surface area contributed by atoms with Crippen LogP contribution in [0.2, 0.25) is 0 Å². The van der Waals surface area contributed by atoms with Gasteiger partial charge in [-0.3, -0.25) is 14.6 Å². The zero-order chi connectivity index (χ0) is 18.8. The summed E-state index contributed by atoms with van der Waals surface area (Å²) in [5.74, 6) is 0.410. The van der Waals surface area contributed by atoms with E-state index in [1.54, 1.807) is 25.3 Å². The van der Waals surface area contributed by atoms with Crippen LogP contribution in [0.5, 0.6) is 0 Å². The SMILES string of the molecule is Cc1ccc(=O)n(CC(=O)Nc2nc(-c3ccccn3)nc3sccc23)n1. The van der Waals surface area contributed by atoms with Crippen LogP contribution in [0.25, 0.3) is 21.7 Å². The van der Waals surface area contributed by atoms with Gasteiger partial charge in [-0.1, -0.05) is 6.07 Å².